The first-order valence-electron chi connectivity index (χ1n) is 7.25. The number of ether oxygens (including phenoxy) is 3. The Kier molecular flexibility index (Phi) is 6.17. The zero-order valence-electron chi connectivity index (χ0n) is 13.4. The predicted molar refractivity (Wildman–Crippen MR) is 87.8 cm³/mol. The summed E-state index contributed by atoms with van der Waals surface area (Å²) in [6.07, 6.45) is -0.883. The number of esters is 2. The summed E-state index contributed by atoms with van der Waals surface area (Å²) in [4.78, 5) is 50.6. The second-order valence-corrected chi connectivity index (χ2v) is 5.66. The van der Waals surface area contributed by atoms with Crippen LogP contribution >= 0.6 is 15.9 Å². The minimum atomic E-state index is -0.982. The van der Waals surface area contributed by atoms with E-state index in [1.54, 1.807) is 0 Å². The van der Waals surface area contributed by atoms with Crippen molar-refractivity contribution >= 4 is 27.9 Å². The lowest BCUT2D eigenvalue weighted by molar-refractivity contribution is -0.153. The number of carbonyl (C=O) groups excluding carboxylic acids is 2. The van der Waals surface area contributed by atoms with Crippen molar-refractivity contribution in [3.05, 3.63) is 32.6 Å². The van der Waals surface area contributed by atoms with Crippen LogP contribution in [0.25, 0.3) is 0 Å². The summed E-state index contributed by atoms with van der Waals surface area (Å²) in [6.45, 7) is 2.44. The van der Waals surface area contributed by atoms with Crippen molar-refractivity contribution in [1.29, 1.82) is 0 Å². The van der Waals surface area contributed by atoms with Crippen molar-refractivity contribution in [3.63, 3.8) is 0 Å². The van der Waals surface area contributed by atoms with E-state index >= 15 is 0 Å². The van der Waals surface area contributed by atoms with E-state index in [4.69, 9.17) is 14.2 Å². The van der Waals surface area contributed by atoms with Crippen LogP contribution in [0.2, 0.25) is 0 Å². The van der Waals surface area contributed by atoms with Crippen LogP contribution in [0.5, 0.6) is 0 Å². The first kappa shape index (κ1) is 19.0. The van der Waals surface area contributed by atoms with Gasteiger partial charge in [0.15, 0.2) is 6.23 Å². The van der Waals surface area contributed by atoms with Gasteiger partial charge in [0, 0.05) is 42.4 Å². The van der Waals surface area contributed by atoms with E-state index in [1.165, 1.54) is 20.0 Å². The Morgan fingerprint density at radius 3 is 2.72 bits per heavy atom. The van der Waals surface area contributed by atoms with Gasteiger partial charge in [0.2, 0.25) is 0 Å². The Labute approximate surface area is 150 Å². The molecule has 1 unspecified atom stereocenters. The third kappa shape index (κ3) is 4.80. The van der Waals surface area contributed by atoms with Gasteiger partial charge in [-0.2, -0.15) is 0 Å². The standard InChI is InChI=1S/C15H15BrN2O7/c1-8(19)23-7-11-5-12(24-9(2)20)14(25-11)18-6-10(3-4-16)13(21)17-15(18)22/h6,11-12,14H,5,7H2,1-2H3,(H,17,21,22)/t11-,12?,14+/m1/s1. The summed E-state index contributed by atoms with van der Waals surface area (Å²) >= 11 is 2.88. The number of aromatic amines is 1. The number of hydrogen-bond acceptors (Lipinski definition) is 7. The Hall–Kier alpha value is -2.38. The van der Waals surface area contributed by atoms with Gasteiger partial charge in [-0.05, 0) is 10.8 Å². The van der Waals surface area contributed by atoms with Crippen LogP contribution in [-0.2, 0) is 23.8 Å². The van der Waals surface area contributed by atoms with Crippen molar-refractivity contribution in [2.24, 2.45) is 0 Å². The Bertz CT molecular complexity index is 848. The molecule has 9 nitrogen and oxygen atoms in total. The van der Waals surface area contributed by atoms with E-state index in [0.717, 1.165) is 4.57 Å². The molecule has 134 valence electrons. The second kappa shape index (κ2) is 8.13. The summed E-state index contributed by atoms with van der Waals surface area (Å²) in [5.74, 6) is 1.47. The Morgan fingerprint density at radius 1 is 1.40 bits per heavy atom. The summed E-state index contributed by atoms with van der Waals surface area (Å²) in [6, 6.07) is 0. The average Bonchev–Trinajstić information content (AvgIpc) is 2.90. The number of rotatable bonds is 4. The molecule has 25 heavy (non-hydrogen) atoms. The van der Waals surface area contributed by atoms with E-state index in [-0.39, 0.29) is 18.6 Å². The highest BCUT2D eigenvalue weighted by Gasteiger charge is 2.40. The number of carbonyl (C=O) groups is 2. The molecule has 1 aromatic rings. The quantitative estimate of drug-likeness (QED) is 0.545. The maximum absolute atomic E-state index is 12.1. The highest BCUT2D eigenvalue weighted by molar-refractivity contribution is 9.12. The lowest BCUT2D eigenvalue weighted by Crippen LogP contribution is -2.37. The molecule has 1 aromatic heterocycles. The summed E-state index contributed by atoms with van der Waals surface area (Å²) < 4.78 is 16.9. The largest absolute Gasteiger partial charge is 0.463 e. The van der Waals surface area contributed by atoms with Gasteiger partial charge >= 0.3 is 17.6 Å². The highest BCUT2D eigenvalue weighted by Crippen LogP contribution is 2.30. The Balaban J connectivity index is 2.35. The minimum absolute atomic E-state index is 0.0325. The van der Waals surface area contributed by atoms with Crippen molar-refractivity contribution < 1.29 is 23.8 Å². The maximum Gasteiger partial charge on any atom is 0.330 e. The van der Waals surface area contributed by atoms with E-state index < -0.39 is 41.6 Å². The monoisotopic (exact) mass is 414 g/mol. The molecule has 0 aliphatic carbocycles. The third-order valence-electron chi connectivity index (χ3n) is 3.36. The molecule has 0 spiro atoms. The van der Waals surface area contributed by atoms with Crippen LogP contribution < -0.4 is 11.2 Å². The third-order valence-corrected chi connectivity index (χ3v) is 3.56. The molecule has 1 saturated heterocycles. The molecule has 0 saturated carbocycles. The van der Waals surface area contributed by atoms with Gasteiger partial charge < -0.3 is 14.2 Å². The molecule has 0 aromatic carbocycles. The molecule has 0 radical (unpaired) electrons. The number of halogens is 1. The van der Waals surface area contributed by atoms with Gasteiger partial charge in [0.1, 0.15) is 18.3 Å². The summed E-state index contributed by atoms with van der Waals surface area (Å²) in [5.41, 5.74) is -1.35. The van der Waals surface area contributed by atoms with Gasteiger partial charge in [0.05, 0.1) is 6.10 Å². The fourth-order valence-electron chi connectivity index (χ4n) is 2.41. The fourth-order valence-corrected chi connectivity index (χ4v) is 2.63. The van der Waals surface area contributed by atoms with E-state index in [1.807, 2.05) is 0 Å². The number of aromatic nitrogens is 2. The van der Waals surface area contributed by atoms with E-state index in [2.05, 4.69) is 31.7 Å². The SMILES string of the molecule is CC(=O)OC[C@H]1CC(OC(C)=O)[C@@H](n2cc(C#CBr)c(=O)[nH]c2=O)O1. The van der Waals surface area contributed by atoms with Crippen LogP contribution in [0, 0.1) is 10.8 Å². The molecule has 2 rings (SSSR count). The van der Waals surface area contributed by atoms with Gasteiger partial charge in [-0.1, -0.05) is 0 Å². The van der Waals surface area contributed by atoms with Crippen molar-refractivity contribution in [1.82, 2.24) is 9.55 Å². The first-order chi connectivity index (χ1) is 11.8. The molecule has 10 heteroatoms. The van der Waals surface area contributed by atoms with Crippen molar-refractivity contribution in [2.75, 3.05) is 6.61 Å². The van der Waals surface area contributed by atoms with Crippen molar-refractivity contribution in [3.8, 4) is 10.8 Å². The van der Waals surface area contributed by atoms with E-state index in [9.17, 15) is 19.2 Å². The molecule has 0 amide bonds. The van der Waals surface area contributed by atoms with Crippen LogP contribution in [0.1, 0.15) is 32.1 Å². The number of H-pyrrole nitrogens is 1. The van der Waals surface area contributed by atoms with E-state index in [0.29, 0.717) is 0 Å². The van der Waals surface area contributed by atoms with Crippen LogP contribution in [0.3, 0.4) is 0 Å². The van der Waals surface area contributed by atoms with Crippen LogP contribution in [0.15, 0.2) is 15.8 Å². The topological polar surface area (TPSA) is 117 Å². The predicted octanol–water partition coefficient (Wildman–Crippen LogP) is 0.0228. The molecule has 1 N–H and O–H groups in total. The van der Waals surface area contributed by atoms with Crippen LogP contribution in [-0.4, -0.2) is 40.3 Å². The molecule has 1 aliphatic rings. The lowest BCUT2D eigenvalue weighted by Gasteiger charge is -2.20. The number of nitrogens with zero attached hydrogens (tertiary/aromatic N) is 1. The summed E-state index contributed by atoms with van der Waals surface area (Å²) in [7, 11) is 0. The minimum Gasteiger partial charge on any atom is -0.463 e. The molecule has 0 bridgehead atoms. The normalized spacial score (nSPS) is 22.0. The highest BCUT2D eigenvalue weighted by atomic mass is 79.9. The molecule has 2 heterocycles. The van der Waals surface area contributed by atoms with Gasteiger partial charge in [-0.3, -0.25) is 23.9 Å². The fraction of sp³-hybridized carbons (Fsp3) is 0.467. The first-order valence-corrected chi connectivity index (χ1v) is 8.04. The smallest absolute Gasteiger partial charge is 0.330 e. The lowest BCUT2D eigenvalue weighted by atomic mass is 10.2. The van der Waals surface area contributed by atoms with Gasteiger partial charge in [0.25, 0.3) is 5.56 Å². The molecule has 3 atom stereocenters. The molecular weight excluding hydrogens is 400 g/mol. The van der Waals surface area contributed by atoms with Crippen molar-refractivity contribution in [2.45, 2.75) is 38.7 Å². The van der Waals surface area contributed by atoms with Gasteiger partial charge in [-0.25, -0.2) is 4.79 Å². The maximum atomic E-state index is 12.1. The molecule has 1 aliphatic heterocycles. The molecule has 1 fully saturated rings. The number of nitrogens with one attached hydrogen (secondary N) is 1. The zero-order valence-corrected chi connectivity index (χ0v) is 15.0. The van der Waals surface area contributed by atoms with Crippen LogP contribution in [0.4, 0.5) is 0 Å². The summed E-state index contributed by atoms with van der Waals surface area (Å²) in [5, 5.41) is 0. The molecular formula is C15H15BrN2O7. The Morgan fingerprint density at radius 2 is 2.12 bits per heavy atom. The second-order valence-electron chi connectivity index (χ2n) is 5.26. The van der Waals surface area contributed by atoms with Gasteiger partial charge in [-0.15, -0.1) is 0 Å². The average molecular weight is 415 g/mol. The number of hydrogen-bond donors (Lipinski definition) is 1. The zero-order chi connectivity index (χ0) is 18.6.